The molecule has 37 heavy (non-hydrogen) atoms. The van der Waals surface area contributed by atoms with Crippen molar-refractivity contribution in [1.29, 1.82) is 0 Å². The van der Waals surface area contributed by atoms with E-state index in [1.807, 2.05) is 19.1 Å². The number of amides is 1. The fourth-order valence-corrected chi connectivity index (χ4v) is 5.04. The number of halogens is 1. The molecule has 0 atom stereocenters. The number of sulfonamides is 1. The Kier molecular flexibility index (Phi) is 9.04. The minimum atomic E-state index is -4.10. The van der Waals surface area contributed by atoms with Crippen molar-refractivity contribution >= 4 is 45.2 Å². The SMILES string of the molecule is COC(=O)c1cc(NC(=O)CN(Cc2cccc(C)c2)S(=O)(=O)c2ccc(Cl)cc2)cc(C(=O)OC)c1. The number of hydrogen-bond acceptors (Lipinski definition) is 7. The Labute approximate surface area is 220 Å². The summed E-state index contributed by atoms with van der Waals surface area (Å²) in [6.45, 7) is 1.26. The van der Waals surface area contributed by atoms with Gasteiger partial charge in [0, 0.05) is 17.3 Å². The van der Waals surface area contributed by atoms with Crippen molar-refractivity contribution in [3.05, 3.63) is 94.0 Å². The normalized spacial score (nSPS) is 11.2. The van der Waals surface area contributed by atoms with E-state index in [1.165, 1.54) is 56.7 Å². The van der Waals surface area contributed by atoms with Gasteiger partial charge < -0.3 is 14.8 Å². The number of ether oxygens (including phenoxy) is 2. The van der Waals surface area contributed by atoms with E-state index in [0.29, 0.717) is 10.6 Å². The molecule has 3 rings (SSSR count). The van der Waals surface area contributed by atoms with Crippen LogP contribution in [0.5, 0.6) is 0 Å². The van der Waals surface area contributed by atoms with Crippen molar-refractivity contribution in [3.8, 4) is 0 Å². The summed E-state index contributed by atoms with van der Waals surface area (Å²) in [6.07, 6.45) is 0. The van der Waals surface area contributed by atoms with Crippen molar-refractivity contribution in [2.24, 2.45) is 0 Å². The lowest BCUT2D eigenvalue weighted by atomic mass is 10.1. The number of rotatable bonds is 9. The molecule has 3 aromatic rings. The van der Waals surface area contributed by atoms with Gasteiger partial charge in [-0.2, -0.15) is 4.31 Å². The average molecular weight is 545 g/mol. The highest BCUT2D eigenvalue weighted by Gasteiger charge is 2.27. The number of anilines is 1. The first kappa shape index (κ1) is 27.9. The van der Waals surface area contributed by atoms with Crippen molar-refractivity contribution in [2.45, 2.75) is 18.4 Å². The number of nitrogens with one attached hydrogen (secondary N) is 1. The molecule has 0 bridgehead atoms. The Hall–Kier alpha value is -3.73. The Morgan fingerprint density at radius 1 is 0.892 bits per heavy atom. The van der Waals surface area contributed by atoms with E-state index in [1.54, 1.807) is 12.1 Å². The molecule has 0 aliphatic carbocycles. The van der Waals surface area contributed by atoms with E-state index in [0.717, 1.165) is 9.87 Å². The van der Waals surface area contributed by atoms with Crippen LogP contribution >= 0.6 is 11.6 Å². The van der Waals surface area contributed by atoms with Gasteiger partial charge in [-0.05, 0) is 55.0 Å². The highest BCUT2D eigenvalue weighted by Crippen LogP contribution is 2.22. The average Bonchev–Trinajstić information content (AvgIpc) is 2.87. The second-order valence-electron chi connectivity index (χ2n) is 8.05. The first-order chi connectivity index (χ1) is 17.5. The fourth-order valence-electron chi connectivity index (χ4n) is 3.53. The van der Waals surface area contributed by atoms with Gasteiger partial charge in [0.1, 0.15) is 0 Å². The number of esters is 2. The molecule has 11 heteroatoms. The molecule has 0 aromatic heterocycles. The lowest BCUT2D eigenvalue weighted by molar-refractivity contribution is -0.116. The van der Waals surface area contributed by atoms with Crippen molar-refractivity contribution in [2.75, 3.05) is 26.1 Å². The highest BCUT2D eigenvalue weighted by atomic mass is 35.5. The van der Waals surface area contributed by atoms with Gasteiger partial charge in [0.15, 0.2) is 0 Å². The van der Waals surface area contributed by atoms with Crippen LogP contribution in [-0.4, -0.2) is 51.3 Å². The molecule has 0 heterocycles. The largest absolute Gasteiger partial charge is 0.465 e. The quantitative estimate of drug-likeness (QED) is 0.403. The van der Waals surface area contributed by atoms with Crippen LogP contribution in [0.3, 0.4) is 0 Å². The maximum absolute atomic E-state index is 13.5. The van der Waals surface area contributed by atoms with Gasteiger partial charge in [0.2, 0.25) is 15.9 Å². The lowest BCUT2D eigenvalue weighted by Crippen LogP contribution is -2.37. The number of nitrogens with zero attached hydrogens (tertiary/aromatic N) is 1. The summed E-state index contributed by atoms with van der Waals surface area (Å²) in [6, 6.07) is 16.8. The van der Waals surface area contributed by atoms with Crippen LogP contribution in [0.25, 0.3) is 0 Å². The Balaban J connectivity index is 1.93. The molecule has 0 unspecified atom stereocenters. The molecule has 0 radical (unpaired) electrons. The molecule has 1 N–H and O–H groups in total. The minimum Gasteiger partial charge on any atom is -0.465 e. The van der Waals surface area contributed by atoms with Crippen molar-refractivity contribution in [3.63, 3.8) is 0 Å². The summed E-state index contributed by atoms with van der Waals surface area (Å²) < 4.78 is 37.4. The van der Waals surface area contributed by atoms with E-state index in [2.05, 4.69) is 5.32 Å². The maximum Gasteiger partial charge on any atom is 0.337 e. The van der Waals surface area contributed by atoms with Gasteiger partial charge in [0.25, 0.3) is 0 Å². The maximum atomic E-state index is 13.5. The van der Waals surface area contributed by atoms with Crippen LogP contribution in [0.2, 0.25) is 5.02 Å². The smallest absolute Gasteiger partial charge is 0.337 e. The molecule has 0 aliphatic rings. The summed E-state index contributed by atoms with van der Waals surface area (Å²) in [5.74, 6) is -2.15. The van der Waals surface area contributed by atoms with Gasteiger partial charge in [-0.1, -0.05) is 41.4 Å². The highest BCUT2D eigenvalue weighted by molar-refractivity contribution is 7.89. The predicted molar refractivity (Wildman–Crippen MR) is 138 cm³/mol. The van der Waals surface area contributed by atoms with E-state index >= 15 is 0 Å². The molecule has 0 aliphatic heterocycles. The monoisotopic (exact) mass is 544 g/mol. The second-order valence-corrected chi connectivity index (χ2v) is 10.4. The summed E-state index contributed by atoms with van der Waals surface area (Å²) in [5.41, 5.74) is 1.72. The number of aryl methyl sites for hydroxylation is 1. The van der Waals surface area contributed by atoms with Crippen LogP contribution in [0, 0.1) is 6.92 Å². The molecule has 9 nitrogen and oxygen atoms in total. The van der Waals surface area contributed by atoms with Gasteiger partial charge in [-0.15, -0.1) is 0 Å². The third kappa shape index (κ3) is 7.16. The molecule has 0 saturated carbocycles. The number of hydrogen-bond donors (Lipinski definition) is 1. The zero-order valence-electron chi connectivity index (χ0n) is 20.4. The van der Waals surface area contributed by atoms with E-state index in [4.69, 9.17) is 21.1 Å². The van der Waals surface area contributed by atoms with Crippen LogP contribution in [0.1, 0.15) is 31.8 Å². The van der Waals surface area contributed by atoms with Gasteiger partial charge in [0.05, 0.1) is 36.8 Å². The van der Waals surface area contributed by atoms with Crippen molar-refractivity contribution in [1.82, 2.24) is 4.31 Å². The number of methoxy groups -OCH3 is 2. The Bertz CT molecular complexity index is 1390. The summed E-state index contributed by atoms with van der Waals surface area (Å²) >= 11 is 5.92. The van der Waals surface area contributed by atoms with Gasteiger partial charge in [-0.3, -0.25) is 4.79 Å². The van der Waals surface area contributed by atoms with E-state index in [9.17, 15) is 22.8 Å². The zero-order chi connectivity index (χ0) is 27.2. The molecule has 3 aromatic carbocycles. The lowest BCUT2D eigenvalue weighted by Gasteiger charge is -2.22. The topological polar surface area (TPSA) is 119 Å². The molecule has 0 fully saturated rings. The minimum absolute atomic E-state index is 0.00565. The third-order valence-electron chi connectivity index (χ3n) is 5.27. The number of carbonyl (C=O) groups is 3. The van der Waals surface area contributed by atoms with Crippen LogP contribution in [-0.2, 0) is 30.8 Å². The van der Waals surface area contributed by atoms with Crippen LogP contribution < -0.4 is 5.32 Å². The van der Waals surface area contributed by atoms with E-state index < -0.39 is 34.4 Å². The molecule has 0 saturated heterocycles. The third-order valence-corrected chi connectivity index (χ3v) is 7.33. The standard InChI is InChI=1S/C26H25ClN2O7S/c1-17-5-4-6-18(11-17)15-29(37(33,34)23-9-7-21(27)8-10-23)16-24(30)28-22-13-19(25(31)35-2)12-20(14-22)26(32)36-3/h4-14H,15-16H2,1-3H3,(H,28,30). The summed E-state index contributed by atoms with van der Waals surface area (Å²) in [4.78, 5) is 37.1. The Morgan fingerprint density at radius 3 is 2.03 bits per heavy atom. The van der Waals surface area contributed by atoms with E-state index in [-0.39, 0.29) is 28.3 Å². The van der Waals surface area contributed by atoms with Crippen molar-refractivity contribution < 1.29 is 32.3 Å². The number of carbonyl (C=O) groups excluding carboxylic acids is 3. The second kappa shape index (κ2) is 12.0. The van der Waals surface area contributed by atoms with Crippen LogP contribution in [0.15, 0.2) is 71.6 Å². The molecule has 194 valence electrons. The summed E-state index contributed by atoms with van der Waals surface area (Å²) in [7, 11) is -1.75. The molecule has 0 spiro atoms. The first-order valence-electron chi connectivity index (χ1n) is 11.0. The molecule has 1 amide bonds. The van der Waals surface area contributed by atoms with Crippen LogP contribution in [0.4, 0.5) is 5.69 Å². The van der Waals surface area contributed by atoms with Gasteiger partial charge >= 0.3 is 11.9 Å². The zero-order valence-corrected chi connectivity index (χ0v) is 21.9. The van der Waals surface area contributed by atoms with Gasteiger partial charge in [-0.25, -0.2) is 18.0 Å². The fraction of sp³-hybridized carbons (Fsp3) is 0.192. The number of benzene rings is 3. The molecular weight excluding hydrogens is 520 g/mol. The predicted octanol–water partition coefficient (Wildman–Crippen LogP) is 4.05. The molecular formula is C26H25ClN2O7S. The first-order valence-corrected chi connectivity index (χ1v) is 12.8. The Morgan fingerprint density at radius 2 is 1.49 bits per heavy atom. The summed E-state index contributed by atoms with van der Waals surface area (Å²) in [5, 5.41) is 2.93.